The zero-order valence-corrected chi connectivity index (χ0v) is 15.1. The first-order chi connectivity index (χ1) is 13.2. The Balaban J connectivity index is 1.37. The van der Waals surface area contributed by atoms with Crippen molar-refractivity contribution in [3.05, 3.63) is 48.0 Å². The average Bonchev–Trinajstić information content (AvgIpc) is 3.15. The summed E-state index contributed by atoms with van der Waals surface area (Å²) in [5.41, 5.74) is 0.721. The van der Waals surface area contributed by atoms with Crippen molar-refractivity contribution in [3.8, 4) is 23.0 Å². The van der Waals surface area contributed by atoms with Gasteiger partial charge in [0.25, 0.3) is 5.91 Å². The average molecular weight is 373 g/mol. The first kappa shape index (κ1) is 18.8. The largest absolute Gasteiger partial charge is 0.494 e. The van der Waals surface area contributed by atoms with Gasteiger partial charge in [0.15, 0.2) is 18.1 Å². The lowest BCUT2D eigenvalue weighted by Crippen LogP contribution is -2.30. The minimum Gasteiger partial charge on any atom is -0.494 e. The van der Waals surface area contributed by atoms with Crippen LogP contribution in [0.4, 0.5) is 0 Å². The second kappa shape index (κ2) is 9.14. The van der Waals surface area contributed by atoms with Gasteiger partial charge in [-0.05, 0) is 55.3 Å². The van der Waals surface area contributed by atoms with Gasteiger partial charge < -0.3 is 29.4 Å². The maximum Gasteiger partial charge on any atom is 0.257 e. The zero-order valence-electron chi connectivity index (χ0n) is 15.1. The fourth-order valence-corrected chi connectivity index (χ4v) is 2.63. The zero-order chi connectivity index (χ0) is 19.1. The van der Waals surface area contributed by atoms with Gasteiger partial charge in [-0.2, -0.15) is 0 Å². The minimum atomic E-state index is -0.702. The molecule has 27 heavy (non-hydrogen) atoms. The quantitative estimate of drug-likeness (QED) is 0.702. The van der Waals surface area contributed by atoms with Crippen LogP contribution in [0.2, 0.25) is 0 Å². The van der Waals surface area contributed by atoms with Gasteiger partial charge in [-0.15, -0.1) is 0 Å². The minimum absolute atomic E-state index is 0.0892. The molecule has 0 spiro atoms. The number of rotatable bonds is 9. The van der Waals surface area contributed by atoms with Gasteiger partial charge in [0, 0.05) is 6.54 Å². The molecule has 0 saturated heterocycles. The number of hydrogen-bond acceptors (Lipinski definition) is 6. The number of fused-ring (bicyclic) bond motifs is 1. The number of carbonyl (C=O) groups is 1. The van der Waals surface area contributed by atoms with Crippen LogP contribution in [-0.2, 0) is 4.79 Å². The van der Waals surface area contributed by atoms with E-state index >= 15 is 0 Å². The lowest BCUT2D eigenvalue weighted by molar-refractivity contribution is -0.123. The Bertz CT molecular complexity index is 762. The molecular weight excluding hydrogens is 350 g/mol. The number of aliphatic hydroxyl groups is 1. The summed E-state index contributed by atoms with van der Waals surface area (Å²) in [6.07, 6.45) is -0.319. The maximum atomic E-state index is 11.9. The van der Waals surface area contributed by atoms with Crippen LogP contribution < -0.4 is 24.3 Å². The molecule has 0 saturated carbocycles. The van der Waals surface area contributed by atoms with Gasteiger partial charge >= 0.3 is 0 Å². The van der Waals surface area contributed by atoms with Crippen LogP contribution in [0.25, 0.3) is 0 Å². The summed E-state index contributed by atoms with van der Waals surface area (Å²) >= 11 is 0. The summed E-state index contributed by atoms with van der Waals surface area (Å²) in [5, 5.41) is 13.0. The third kappa shape index (κ3) is 5.27. The van der Waals surface area contributed by atoms with Crippen molar-refractivity contribution in [3.63, 3.8) is 0 Å². The van der Waals surface area contributed by atoms with Crippen molar-refractivity contribution in [2.24, 2.45) is 0 Å². The topological polar surface area (TPSA) is 86.3 Å². The van der Waals surface area contributed by atoms with E-state index in [9.17, 15) is 9.90 Å². The molecule has 1 heterocycles. The molecule has 1 aliphatic rings. The fourth-order valence-electron chi connectivity index (χ4n) is 2.63. The summed E-state index contributed by atoms with van der Waals surface area (Å²) in [4.78, 5) is 11.9. The molecule has 2 aromatic rings. The van der Waals surface area contributed by atoms with E-state index < -0.39 is 6.10 Å². The van der Waals surface area contributed by atoms with Crippen LogP contribution in [0.5, 0.6) is 23.0 Å². The highest BCUT2D eigenvalue weighted by Gasteiger charge is 2.16. The first-order valence-corrected chi connectivity index (χ1v) is 8.85. The Kier molecular flexibility index (Phi) is 6.38. The lowest BCUT2D eigenvalue weighted by atomic mass is 10.1. The molecule has 1 aliphatic heterocycles. The normalized spacial score (nSPS) is 13.1. The Labute approximate surface area is 157 Å². The van der Waals surface area contributed by atoms with E-state index in [1.54, 1.807) is 42.5 Å². The van der Waals surface area contributed by atoms with Crippen molar-refractivity contribution in [1.82, 2.24) is 5.32 Å². The number of ether oxygens (including phenoxy) is 4. The van der Waals surface area contributed by atoms with Gasteiger partial charge in [0.2, 0.25) is 6.79 Å². The van der Waals surface area contributed by atoms with E-state index in [0.717, 1.165) is 11.3 Å². The summed E-state index contributed by atoms with van der Waals surface area (Å²) < 4.78 is 21.3. The lowest BCUT2D eigenvalue weighted by Gasteiger charge is -2.13. The monoisotopic (exact) mass is 373 g/mol. The van der Waals surface area contributed by atoms with Crippen LogP contribution >= 0.6 is 0 Å². The molecule has 3 rings (SSSR count). The highest BCUT2D eigenvalue weighted by Crippen LogP contribution is 2.34. The standard InChI is InChI=1S/C20H23NO6/c1-2-24-15-4-6-16(7-5-15)25-12-20(23)21-10-9-17(22)14-3-8-18-19(11-14)27-13-26-18/h3-8,11,17,22H,2,9-10,12-13H2,1H3,(H,21,23). The first-order valence-electron chi connectivity index (χ1n) is 8.85. The SMILES string of the molecule is CCOc1ccc(OCC(=O)NCCC(O)c2ccc3c(c2)OCO3)cc1. The van der Waals surface area contributed by atoms with Gasteiger partial charge in [-0.25, -0.2) is 0 Å². The van der Waals surface area contributed by atoms with Crippen LogP contribution in [0, 0.1) is 0 Å². The third-order valence-corrected chi connectivity index (χ3v) is 4.03. The van der Waals surface area contributed by atoms with Gasteiger partial charge in [0.05, 0.1) is 12.7 Å². The molecule has 1 atom stereocenters. The molecule has 7 nitrogen and oxygen atoms in total. The molecule has 0 aromatic heterocycles. The maximum absolute atomic E-state index is 11.9. The number of nitrogens with one attached hydrogen (secondary N) is 1. The van der Waals surface area contributed by atoms with Gasteiger partial charge in [0.1, 0.15) is 11.5 Å². The smallest absolute Gasteiger partial charge is 0.257 e. The van der Waals surface area contributed by atoms with Crippen LogP contribution in [0.3, 0.4) is 0 Å². The summed E-state index contributed by atoms with van der Waals surface area (Å²) in [6.45, 7) is 2.95. The Hall–Kier alpha value is -2.93. The molecule has 0 aliphatic carbocycles. The number of amides is 1. The van der Waals surface area contributed by atoms with E-state index in [4.69, 9.17) is 18.9 Å². The van der Waals surface area contributed by atoms with Crippen molar-refractivity contribution >= 4 is 5.91 Å². The van der Waals surface area contributed by atoms with Crippen molar-refractivity contribution in [1.29, 1.82) is 0 Å². The second-order valence-electron chi connectivity index (χ2n) is 5.96. The molecule has 0 bridgehead atoms. The molecule has 1 unspecified atom stereocenters. The van der Waals surface area contributed by atoms with E-state index in [1.165, 1.54) is 0 Å². The molecule has 0 fully saturated rings. The summed E-state index contributed by atoms with van der Waals surface area (Å²) in [7, 11) is 0. The third-order valence-electron chi connectivity index (χ3n) is 4.03. The van der Waals surface area contributed by atoms with Gasteiger partial charge in [-0.1, -0.05) is 6.07 Å². The number of benzene rings is 2. The van der Waals surface area contributed by atoms with E-state index in [0.29, 0.717) is 36.8 Å². The number of carbonyl (C=O) groups excluding carboxylic acids is 1. The van der Waals surface area contributed by atoms with Crippen molar-refractivity contribution in [2.75, 3.05) is 26.6 Å². The summed E-state index contributed by atoms with van der Waals surface area (Å²) in [5.74, 6) is 2.40. The molecule has 2 N–H and O–H groups in total. The highest BCUT2D eigenvalue weighted by molar-refractivity contribution is 5.77. The Morgan fingerprint density at radius 3 is 2.56 bits per heavy atom. The number of hydrogen-bond donors (Lipinski definition) is 2. The van der Waals surface area contributed by atoms with Crippen molar-refractivity contribution in [2.45, 2.75) is 19.4 Å². The van der Waals surface area contributed by atoms with Crippen molar-refractivity contribution < 1.29 is 28.8 Å². The molecule has 144 valence electrons. The van der Waals surface area contributed by atoms with Gasteiger partial charge in [-0.3, -0.25) is 4.79 Å². The highest BCUT2D eigenvalue weighted by atomic mass is 16.7. The fraction of sp³-hybridized carbons (Fsp3) is 0.350. The van der Waals surface area contributed by atoms with Crippen LogP contribution in [0.1, 0.15) is 25.0 Å². The molecule has 2 aromatic carbocycles. The number of aliphatic hydroxyl groups excluding tert-OH is 1. The molecule has 0 radical (unpaired) electrons. The molecule has 1 amide bonds. The molecular formula is C20H23NO6. The van der Waals surface area contributed by atoms with E-state index in [1.807, 2.05) is 6.92 Å². The van der Waals surface area contributed by atoms with Crippen LogP contribution in [-0.4, -0.2) is 37.6 Å². The summed E-state index contributed by atoms with van der Waals surface area (Å²) in [6, 6.07) is 12.4. The molecule has 7 heteroatoms. The van der Waals surface area contributed by atoms with Crippen LogP contribution in [0.15, 0.2) is 42.5 Å². The Morgan fingerprint density at radius 1 is 1.11 bits per heavy atom. The van der Waals surface area contributed by atoms with E-state index in [-0.39, 0.29) is 19.3 Å². The predicted molar refractivity (Wildman–Crippen MR) is 98.3 cm³/mol. The Morgan fingerprint density at radius 2 is 1.81 bits per heavy atom. The van der Waals surface area contributed by atoms with E-state index in [2.05, 4.69) is 5.32 Å². The predicted octanol–water partition coefficient (Wildman–Crippen LogP) is 2.43. The second-order valence-corrected chi connectivity index (χ2v) is 5.96.